The van der Waals surface area contributed by atoms with E-state index in [-0.39, 0.29) is 6.04 Å². The molecule has 0 aliphatic carbocycles. The normalized spacial score (nSPS) is 26.9. The van der Waals surface area contributed by atoms with E-state index in [1.165, 1.54) is 5.75 Å². The van der Waals surface area contributed by atoms with Gasteiger partial charge in [0, 0.05) is 24.5 Å². The first-order chi connectivity index (χ1) is 5.25. The zero-order valence-corrected chi connectivity index (χ0v) is 7.99. The van der Waals surface area contributed by atoms with Crippen molar-refractivity contribution in [3.8, 4) is 0 Å². The Bertz CT molecular complexity index is 149. The Morgan fingerprint density at radius 1 is 1.73 bits per heavy atom. The first-order valence-corrected chi connectivity index (χ1v) is 5.22. The number of hydrogen-bond donors (Lipinski definition) is 0. The highest BCUT2D eigenvalue weighted by molar-refractivity contribution is 7.99. The quantitative estimate of drug-likeness (QED) is 0.621. The summed E-state index contributed by atoms with van der Waals surface area (Å²) in [6, 6.07) is 0.193. The van der Waals surface area contributed by atoms with Crippen molar-refractivity contribution in [2.24, 2.45) is 0 Å². The SMILES string of the molecule is CCC(=O)C1CSCCN1C. The van der Waals surface area contributed by atoms with Crippen LogP contribution in [0.25, 0.3) is 0 Å². The van der Waals surface area contributed by atoms with E-state index in [4.69, 9.17) is 0 Å². The smallest absolute Gasteiger partial charge is 0.150 e. The maximum atomic E-state index is 11.3. The predicted molar refractivity (Wildman–Crippen MR) is 49.0 cm³/mol. The Balaban J connectivity index is 2.47. The summed E-state index contributed by atoms with van der Waals surface area (Å²) in [7, 11) is 2.04. The minimum atomic E-state index is 0.193. The zero-order valence-electron chi connectivity index (χ0n) is 7.17. The maximum Gasteiger partial charge on any atom is 0.150 e. The number of rotatable bonds is 2. The lowest BCUT2D eigenvalue weighted by Gasteiger charge is -2.30. The summed E-state index contributed by atoms with van der Waals surface area (Å²) in [5.41, 5.74) is 0. The van der Waals surface area contributed by atoms with Crippen LogP contribution < -0.4 is 0 Å². The van der Waals surface area contributed by atoms with Gasteiger partial charge < -0.3 is 0 Å². The molecule has 0 spiro atoms. The molecule has 1 atom stereocenters. The highest BCUT2D eigenvalue weighted by Crippen LogP contribution is 2.15. The summed E-state index contributed by atoms with van der Waals surface area (Å²) in [6.45, 7) is 3.00. The van der Waals surface area contributed by atoms with Crippen molar-refractivity contribution in [1.82, 2.24) is 4.90 Å². The van der Waals surface area contributed by atoms with E-state index in [9.17, 15) is 4.79 Å². The van der Waals surface area contributed by atoms with Crippen LogP contribution in [0.1, 0.15) is 13.3 Å². The Hall–Kier alpha value is -0.0200. The van der Waals surface area contributed by atoms with Gasteiger partial charge in [-0.15, -0.1) is 0 Å². The molecule has 0 amide bonds. The number of carbonyl (C=O) groups excluding carboxylic acids is 1. The van der Waals surface area contributed by atoms with Gasteiger partial charge >= 0.3 is 0 Å². The van der Waals surface area contributed by atoms with Gasteiger partial charge in [-0.3, -0.25) is 9.69 Å². The molecule has 1 heterocycles. The van der Waals surface area contributed by atoms with E-state index in [0.717, 1.165) is 12.3 Å². The molecule has 2 nitrogen and oxygen atoms in total. The molecule has 0 aromatic heterocycles. The topological polar surface area (TPSA) is 20.3 Å². The van der Waals surface area contributed by atoms with E-state index in [1.54, 1.807) is 0 Å². The van der Waals surface area contributed by atoms with Crippen molar-refractivity contribution in [3.63, 3.8) is 0 Å². The minimum Gasteiger partial charge on any atom is -0.298 e. The lowest BCUT2D eigenvalue weighted by atomic mass is 10.1. The van der Waals surface area contributed by atoms with Gasteiger partial charge in [0.2, 0.25) is 0 Å². The molecule has 0 aromatic rings. The molecular formula is C8H15NOS. The van der Waals surface area contributed by atoms with Crippen molar-refractivity contribution in [3.05, 3.63) is 0 Å². The van der Waals surface area contributed by atoms with Crippen LogP contribution in [0.3, 0.4) is 0 Å². The van der Waals surface area contributed by atoms with Crippen LogP contribution in [0.2, 0.25) is 0 Å². The lowest BCUT2D eigenvalue weighted by Crippen LogP contribution is -2.44. The summed E-state index contributed by atoms with van der Waals surface area (Å²) in [6.07, 6.45) is 0.676. The first-order valence-electron chi connectivity index (χ1n) is 4.06. The van der Waals surface area contributed by atoms with Crippen molar-refractivity contribution in [2.75, 3.05) is 25.1 Å². The Morgan fingerprint density at radius 2 is 2.45 bits per heavy atom. The van der Waals surface area contributed by atoms with Gasteiger partial charge in [0.1, 0.15) is 0 Å². The molecule has 1 rings (SSSR count). The van der Waals surface area contributed by atoms with Crippen molar-refractivity contribution < 1.29 is 4.79 Å². The number of nitrogens with zero attached hydrogens (tertiary/aromatic N) is 1. The Labute approximate surface area is 72.3 Å². The molecule has 0 saturated carbocycles. The maximum absolute atomic E-state index is 11.3. The third-order valence-electron chi connectivity index (χ3n) is 2.12. The Morgan fingerprint density at radius 3 is 3.00 bits per heavy atom. The van der Waals surface area contributed by atoms with Crippen LogP contribution in [0.5, 0.6) is 0 Å². The van der Waals surface area contributed by atoms with Crippen LogP contribution in [-0.4, -0.2) is 41.8 Å². The molecule has 0 aromatic carbocycles. The lowest BCUT2D eigenvalue weighted by molar-refractivity contribution is -0.122. The molecule has 64 valence electrons. The van der Waals surface area contributed by atoms with Gasteiger partial charge in [-0.05, 0) is 7.05 Å². The van der Waals surface area contributed by atoms with Gasteiger partial charge in [0.25, 0.3) is 0 Å². The highest BCUT2D eigenvalue weighted by atomic mass is 32.2. The number of ketones is 1. The molecule has 11 heavy (non-hydrogen) atoms. The molecule has 3 heteroatoms. The minimum absolute atomic E-state index is 0.193. The van der Waals surface area contributed by atoms with E-state index in [0.29, 0.717) is 12.2 Å². The van der Waals surface area contributed by atoms with Crippen LogP contribution in [0, 0.1) is 0 Å². The largest absolute Gasteiger partial charge is 0.298 e. The second-order valence-corrected chi connectivity index (χ2v) is 4.04. The third-order valence-corrected chi connectivity index (χ3v) is 3.14. The predicted octanol–water partition coefficient (Wildman–Crippen LogP) is 1.01. The molecule has 1 aliphatic heterocycles. The standard InChI is InChI=1S/C8H15NOS/c1-3-8(10)7-6-11-5-4-9(7)2/h7H,3-6H2,1-2H3. The summed E-state index contributed by atoms with van der Waals surface area (Å²) in [4.78, 5) is 13.5. The number of thioether (sulfide) groups is 1. The number of carbonyl (C=O) groups is 1. The average molecular weight is 173 g/mol. The fourth-order valence-electron chi connectivity index (χ4n) is 1.26. The molecule has 0 bridgehead atoms. The summed E-state index contributed by atoms with van der Waals surface area (Å²) < 4.78 is 0. The van der Waals surface area contributed by atoms with Gasteiger partial charge in [0.15, 0.2) is 5.78 Å². The zero-order chi connectivity index (χ0) is 8.27. The first kappa shape index (κ1) is 9.07. The van der Waals surface area contributed by atoms with E-state index in [2.05, 4.69) is 4.90 Å². The monoisotopic (exact) mass is 173 g/mol. The van der Waals surface area contributed by atoms with Gasteiger partial charge in [-0.25, -0.2) is 0 Å². The van der Waals surface area contributed by atoms with E-state index in [1.807, 2.05) is 25.7 Å². The van der Waals surface area contributed by atoms with Gasteiger partial charge in [-0.1, -0.05) is 6.92 Å². The third kappa shape index (κ3) is 2.20. The van der Waals surface area contributed by atoms with Crippen LogP contribution in [0.4, 0.5) is 0 Å². The number of Topliss-reactive ketones (excluding diaryl/α,β-unsaturated/α-hetero) is 1. The van der Waals surface area contributed by atoms with Gasteiger partial charge in [0.05, 0.1) is 6.04 Å². The van der Waals surface area contributed by atoms with Crippen molar-refractivity contribution >= 4 is 17.5 Å². The molecule has 1 unspecified atom stereocenters. The molecule has 0 radical (unpaired) electrons. The molecule has 1 fully saturated rings. The van der Waals surface area contributed by atoms with Crippen LogP contribution in [0.15, 0.2) is 0 Å². The highest BCUT2D eigenvalue weighted by Gasteiger charge is 2.24. The Kier molecular flexibility index (Phi) is 3.40. The summed E-state index contributed by atoms with van der Waals surface area (Å²) in [5, 5.41) is 0. The fraction of sp³-hybridized carbons (Fsp3) is 0.875. The second-order valence-electron chi connectivity index (χ2n) is 2.89. The fourth-order valence-corrected chi connectivity index (χ4v) is 2.51. The van der Waals surface area contributed by atoms with E-state index < -0.39 is 0 Å². The molecule has 0 N–H and O–H groups in total. The van der Waals surface area contributed by atoms with Gasteiger partial charge in [-0.2, -0.15) is 11.8 Å². The van der Waals surface area contributed by atoms with Crippen molar-refractivity contribution in [2.45, 2.75) is 19.4 Å². The van der Waals surface area contributed by atoms with Crippen LogP contribution in [-0.2, 0) is 4.79 Å². The molecule has 1 aliphatic rings. The summed E-state index contributed by atoms with van der Waals surface area (Å²) in [5.74, 6) is 2.55. The number of hydrogen-bond acceptors (Lipinski definition) is 3. The van der Waals surface area contributed by atoms with E-state index >= 15 is 0 Å². The van der Waals surface area contributed by atoms with Crippen molar-refractivity contribution in [1.29, 1.82) is 0 Å². The molecular weight excluding hydrogens is 158 g/mol. The summed E-state index contributed by atoms with van der Waals surface area (Å²) >= 11 is 1.89. The number of likely N-dealkylation sites (N-methyl/N-ethyl adjacent to an activating group) is 1. The average Bonchev–Trinajstić information content (AvgIpc) is 2.04. The molecule has 1 saturated heterocycles. The van der Waals surface area contributed by atoms with Crippen LogP contribution >= 0.6 is 11.8 Å². The second kappa shape index (κ2) is 4.12.